The van der Waals surface area contributed by atoms with Gasteiger partial charge in [0.15, 0.2) is 0 Å². The Labute approximate surface area is 116 Å². The highest BCUT2D eigenvalue weighted by Crippen LogP contribution is 2.28. The molecule has 1 saturated carbocycles. The Morgan fingerprint density at radius 3 is 2.42 bits per heavy atom. The summed E-state index contributed by atoms with van der Waals surface area (Å²) < 4.78 is 0. The molecule has 106 valence electrons. The number of hydrogen-bond donors (Lipinski definition) is 2. The van der Waals surface area contributed by atoms with E-state index >= 15 is 0 Å². The fourth-order valence-electron chi connectivity index (χ4n) is 2.83. The molecule has 0 aliphatic heterocycles. The summed E-state index contributed by atoms with van der Waals surface area (Å²) in [5.74, 6) is 0.743. The predicted molar refractivity (Wildman–Crippen MR) is 81.8 cm³/mol. The van der Waals surface area contributed by atoms with E-state index in [4.69, 9.17) is 0 Å². The zero-order chi connectivity index (χ0) is 13.7. The molecule has 2 rings (SSSR count). The number of benzene rings is 1. The molecule has 3 nitrogen and oxygen atoms in total. The van der Waals surface area contributed by atoms with Crippen LogP contribution < -0.4 is 10.2 Å². The Balaban J connectivity index is 1.74. The average Bonchev–Trinajstić information content (AvgIpc) is 2.89. The van der Waals surface area contributed by atoms with Crippen molar-refractivity contribution in [2.24, 2.45) is 5.92 Å². The highest BCUT2D eigenvalue weighted by Gasteiger charge is 2.18. The Morgan fingerprint density at radius 1 is 1.21 bits per heavy atom. The summed E-state index contributed by atoms with van der Waals surface area (Å²) in [6.45, 7) is 0.651. The molecule has 0 heterocycles. The molecule has 1 aromatic carbocycles. The molecule has 0 aromatic heterocycles. The summed E-state index contributed by atoms with van der Waals surface area (Å²) in [7, 11) is 4.07. The standard InChI is InChI=1S/C16H26N2O/c1-18(2)15-9-7-14(8-10-15)17-12-16(19)11-13-5-3-4-6-13/h7-10,13,16-17,19H,3-6,11-12H2,1-2H3. The largest absolute Gasteiger partial charge is 0.391 e. The molecule has 1 atom stereocenters. The second-order valence-electron chi connectivity index (χ2n) is 5.86. The minimum atomic E-state index is -0.225. The van der Waals surface area contributed by atoms with Crippen LogP contribution in [0.5, 0.6) is 0 Å². The monoisotopic (exact) mass is 262 g/mol. The minimum Gasteiger partial charge on any atom is -0.391 e. The van der Waals surface area contributed by atoms with Gasteiger partial charge in [-0.25, -0.2) is 0 Å². The second kappa shape index (κ2) is 6.80. The maximum absolute atomic E-state index is 10.0. The molecule has 19 heavy (non-hydrogen) atoms. The van der Waals surface area contributed by atoms with Crippen molar-refractivity contribution >= 4 is 11.4 Å². The fraction of sp³-hybridized carbons (Fsp3) is 0.625. The van der Waals surface area contributed by atoms with E-state index in [2.05, 4.69) is 34.5 Å². The van der Waals surface area contributed by atoms with E-state index in [-0.39, 0.29) is 6.10 Å². The maximum atomic E-state index is 10.0. The molecule has 3 heteroatoms. The SMILES string of the molecule is CN(C)c1ccc(NCC(O)CC2CCCC2)cc1. The third-order valence-electron chi connectivity index (χ3n) is 4.01. The smallest absolute Gasteiger partial charge is 0.0715 e. The first-order valence-electron chi connectivity index (χ1n) is 7.34. The first-order chi connectivity index (χ1) is 9.15. The topological polar surface area (TPSA) is 35.5 Å². The molecule has 0 bridgehead atoms. The number of anilines is 2. The Hall–Kier alpha value is -1.22. The van der Waals surface area contributed by atoms with Crippen LogP contribution in [0.2, 0.25) is 0 Å². The number of rotatable bonds is 6. The lowest BCUT2D eigenvalue weighted by atomic mass is 10.00. The summed E-state index contributed by atoms with van der Waals surface area (Å²) in [4.78, 5) is 2.08. The van der Waals surface area contributed by atoms with Crippen LogP contribution in [0.4, 0.5) is 11.4 Å². The quantitative estimate of drug-likeness (QED) is 0.827. The van der Waals surface area contributed by atoms with E-state index in [9.17, 15) is 5.11 Å². The van der Waals surface area contributed by atoms with Crippen molar-refractivity contribution in [3.8, 4) is 0 Å². The first-order valence-corrected chi connectivity index (χ1v) is 7.34. The van der Waals surface area contributed by atoms with Crippen LogP contribution >= 0.6 is 0 Å². The lowest BCUT2D eigenvalue weighted by Gasteiger charge is -2.17. The van der Waals surface area contributed by atoms with Gasteiger partial charge in [0.1, 0.15) is 0 Å². The molecule has 1 aliphatic carbocycles. The minimum absolute atomic E-state index is 0.225. The van der Waals surface area contributed by atoms with E-state index in [1.807, 2.05) is 14.1 Å². The number of hydrogen-bond acceptors (Lipinski definition) is 3. The molecule has 0 saturated heterocycles. The molecule has 1 unspecified atom stereocenters. The van der Waals surface area contributed by atoms with Gasteiger partial charge >= 0.3 is 0 Å². The first kappa shape index (κ1) is 14.2. The third kappa shape index (κ3) is 4.43. The molecule has 0 radical (unpaired) electrons. The van der Waals surface area contributed by atoms with Crippen LogP contribution in [0.1, 0.15) is 32.1 Å². The number of aliphatic hydroxyl groups excluding tert-OH is 1. The van der Waals surface area contributed by atoms with Crippen LogP contribution in [0.3, 0.4) is 0 Å². The molecule has 2 N–H and O–H groups in total. The van der Waals surface area contributed by atoms with Gasteiger partial charge in [0.2, 0.25) is 0 Å². The van der Waals surface area contributed by atoms with E-state index in [0.717, 1.165) is 18.0 Å². The van der Waals surface area contributed by atoms with Crippen LogP contribution in [-0.2, 0) is 0 Å². The van der Waals surface area contributed by atoms with E-state index in [0.29, 0.717) is 6.54 Å². The van der Waals surface area contributed by atoms with Gasteiger partial charge in [0, 0.05) is 32.0 Å². The normalized spacial score (nSPS) is 17.4. The maximum Gasteiger partial charge on any atom is 0.0715 e. The van der Waals surface area contributed by atoms with Gasteiger partial charge in [-0.1, -0.05) is 25.7 Å². The summed E-state index contributed by atoms with van der Waals surface area (Å²) in [5.41, 5.74) is 2.27. The lowest BCUT2D eigenvalue weighted by molar-refractivity contribution is 0.155. The Bertz CT molecular complexity index is 369. The summed E-state index contributed by atoms with van der Waals surface area (Å²) in [6.07, 6.45) is 6.01. The molecular weight excluding hydrogens is 236 g/mol. The van der Waals surface area contributed by atoms with Crippen LogP contribution in [0.25, 0.3) is 0 Å². The van der Waals surface area contributed by atoms with E-state index in [1.54, 1.807) is 0 Å². The Kier molecular flexibility index (Phi) is 5.08. The number of nitrogens with one attached hydrogen (secondary N) is 1. The van der Waals surface area contributed by atoms with Gasteiger partial charge in [0.25, 0.3) is 0 Å². The van der Waals surface area contributed by atoms with Crippen LogP contribution in [-0.4, -0.2) is 31.9 Å². The summed E-state index contributed by atoms with van der Waals surface area (Å²) >= 11 is 0. The van der Waals surface area contributed by atoms with Gasteiger partial charge in [0.05, 0.1) is 6.10 Å². The highest BCUT2D eigenvalue weighted by molar-refractivity contribution is 5.54. The fourth-order valence-corrected chi connectivity index (χ4v) is 2.83. The van der Waals surface area contributed by atoms with Crippen molar-refractivity contribution in [1.29, 1.82) is 0 Å². The van der Waals surface area contributed by atoms with Crippen molar-refractivity contribution < 1.29 is 5.11 Å². The molecule has 1 aliphatic rings. The number of nitrogens with zero attached hydrogens (tertiary/aromatic N) is 1. The second-order valence-corrected chi connectivity index (χ2v) is 5.86. The summed E-state index contributed by atoms with van der Waals surface area (Å²) in [5, 5.41) is 13.4. The van der Waals surface area contributed by atoms with Crippen molar-refractivity contribution in [2.75, 3.05) is 30.9 Å². The highest BCUT2D eigenvalue weighted by atomic mass is 16.3. The van der Waals surface area contributed by atoms with Crippen molar-refractivity contribution in [3.05, 3.63) is 24.3 Å². The molecule has 1 fully saturated rings. The van der Waals surface area contributed by atoms with Gasteiger partial charge < -0.3 is 15.3 Å². The van der Waals surface area contributed by atoms with Crippen molar-refractivity contribution in [2.45, 2.75) is 38.2 Å². The zero-order valence-corrected chi connectivity index (χ0v) is 12.1. The van der Waals surface area contributed by atoms with Gasteiger partial charge in [-0.2, -0.15) is 0 Å². The zero-order valence-electron chi connectivity index (χ0n) is 12.1. The molecule has 0 amide bonds. The lowest BCUT2D eigenvalue weighted by Crippen LogP contribution is -2.22. The van der Waals surface area contributed by atoms with Gasteiger partial charge in [-0.15, -0.1) is 0 Å². The molecule has 0 spiro atoms. The molecular formula is C16H26N2O. The van der Waals surface area contributed by atoms with Gasteiger partial charge in [-0.05, 0) is 36.6 Å². The number of aliphatic hydroxyl groups is 1. The molecule has 1 aromatic rings. The van der Waals surface area contributed by atoms with Crippen LogP contribution in [0, 0.1) is 5.92 Å². The van der Waals surface area contributed by atoms with E-state index in [1.165, 1.54) is 31.4 Å². The van der Waals surface area contributed by atoms with E-state index < -0.39 is 0 Å². The van der Waals surface area contributed by atoms with Crippen LogP contribution in [0.15, 0.2) is 24.3 Å². The van der Waals surface area contributed by atoms with Crippen molar-refractivity contribution in [1.82, 2.24) is 0 Å². The van der Waals surface area contributed by atoms with Crippen molar-refractivity contribution in [3.63, 3.8) is 0 Å². The Morgan fingerprint density at radius 2 is 1.84 bits per heavy atom. The summed E-state index contributed by atoms with van der Waals surface area (Å²) in [6, 6.07) is 8.31. The van der Waals surface area contributed by atoms with Gasteiger partial charge in [-0.3, -0.25) is 0 Å². The third-order valence-corrected chi connectivity index (χ3v) is 4.01. The average molecular weight is 262 g/mol. The predicted octanol–water partition coefficient (Wildman–Crippen LogP) is 3.11.